The molecule has 0 N–H and O–H groups in total. The van der Waals surface area contributed by atoms with Crippen LogP contribution in [0.5, 0.6) is 0 Å². The second kappa shape index (κ2) is 14.3. The molecule has 272 valence electrons. The molecule has 0 aliphatic rings. The molecular formula is C54H42N2Si. The van der Waals surface area contributed by atoms with Crippen molar-refractivity contribution in [2.75, 3.05) is 0 Å². The molecule has 10 rings (SSSR count). The molecule has 10 aromatic rings. The summed E-state index contributed by atoms with van der Waals surface area (Å²) in [5, 5.41) is 10.5. The molecule has 2 heterocycles. The molecule has 2 nitrogen and oxygen atoms in total. The van der Waals surface area contributed by atoms with Crippen LogP contribution < -0.4 is 15.6 Å². The topological polar surface area (TPSA) is 9.86 Å². The van der Waals surface area contributed by atoms with Crippen molar-refractivity contribution in [3.63, 3.8) is 0 Å². The highest BCUT2D eigenvalue weighted by Crippen LogP contribution is 2.38. The largest absolute Gasteiger partial charge is 0.309 e. The molecule has 0 unspecified atom stereocenters. The summed E-state index contributed by atoms with van der Waals surface area (Å²) in [6.45, 7) is 4.32. The van der Waals surface area contributed by atoms with Crippen LogP contribution >= 0.6 is 0 Å². The Hall–Kier alpha value is -6.94. The van der Waals surface area contributed by atoms with Gasteiger partial charge in [-0.25, -0.2) is 0 Å². The van der Waals surface area contributed by atoms with Gasteiger partial charge in [-0.05, 0) is 106 Å². The van der Waals surface area contributed by atoms with E-state index in [1.165, 1.54) is 86.9 Å². The lowest BCUT2D eigenvalue weighted by Crippen LogP contribution is -2.68. The second-order valence-electron chi connectivity index (χ2n) is 14.8. The first kappa shape index (κ1) is 34.5. The van der Waals surface area contributed by atoms with Gasteiger partial charge >= 0.3 is 0 Å². The third-order valence-corrected chi connectivity index (χ3v) is 16.6. The highest BCUT2D eigenvalue weighted by molar-refractivity contribution is 7.16. The van der Waals surface area contributed by atoms with Gasteiger partial charge in [0.2, 0.25) is 0 Å². The quantitative estimate of drug-likeness (QED) is 0.0832. The Morgan fingerprint density at radius 1 is 0.386 bits per heavy atom. The van der Waals surface area contributed by atoms with Crippen molar-refractivity contribution in [3.05, 3.63) is 224 Å². The molecule has 0 atom stereocenters. The number of aromatic nitrogens is 2. The van der Waals surface area contributed by atoms with Crippen molar-refractivity contribution >= 4 is 67.2 Å². The van der Waals surface area contributed by atoms with E-state index in [4.69, 9.17) is 0 Å². The predicted octanol–water partition coefficient (Wildman–Crippen LogP) is 12.1. The zero-order chi connectivity index (χ0) is 38.3. The van der Waals surface area contributed by atoms with Crippen LogP contribution in [-0.2, 0) is 0 Å². The Bertz CT molecular complexity index is 3090. The van der Waals surface area contributed by atoms with Crippen molar-refractivity contribution in [3.8, 4) is 22.5 Å². The summed E-state index contributed by atoms with van der Waals surface area (Å²) in [6.07, 6.45) is 6.85. The zero-order valence-corrected chi connectivity index (χ0v) is 33.2. The molecule has 0 spiro atoms. The monoisotopic (exact) mass is 746 g/mol. The third-order valence-electron chi connectivity index (χ3n) is 11.7. The Labute approximate surface area is 334 Å². The van der Waals surface area contributed by atoms with E-state index in [1.807, 2.05) is 0 Å². The van der Waals surface area contributed by atoms with Gasteiger partial charge in [-0.3, -0.25) is 0 Å². The van der Waals surface area contributed by atoms with Crippen molar-refractivity contribution in [2.45, 2.75) is 13.8 Å². The fraction of sp³-hybridized carbons (Fsp3) is 0.0370. The lowest BCUT2D eigenvalue weighted by atomic mass is 10.0. The number of nitrogens with zero attached hydrogens (tertiary/aromatic N) is 2. The van der Waals surface area contributed by atoms with Gasteiger partial charge in [0.05, 0.1) is 22.1 Å². The maximum Gasteiger partial charge on any atom is 0.179 e. The van der Waals surface area contributed by atoms with Crippen molar-refractivity contribution in [2.24, 2.45) is 0 Å². The van der Waals surface area contributed by atoms with Crippen LogP contribution in [0.1, 0.15) is 13.8 Å². The lowest BCUT2D eigenvalue weighted by Gasteiger charge is -2.35. The van der Waals surface area contributed by atoms with E-state index in [1.54, 1.807) is 0 Å². The molecular weight excluding hydrogens is 705 g/mol. The van der Waals surface area contributed by atoms with Gasteiger partial charge in [0.15, 0.2) is 8.07 Å². The van der Waals surface area contributed by atoms with Gasteiger partial charge < -0.3 is 9.13 Å². The minimum atomic E-state index is -2.71. The summed E-state index contributed by atoms with van der Waals surface area (Å²) >= 11 is 0. The Morgan fingerprint density at radius 3 is 1.35 bits per heavy atom. The molecule has 0 aliphatic carbocycles. The smallest absolute Gasteiger partial charge is 0.179 e. The number of hydrogen-bond acceptors (Lipinski definition) is 0. The highest BCUT2D eigenvalue weighted by atomic mass is 28.3. The molecule has 0 saturated heterocycles. The summed E-state index contributed by atoms with van der Waals surface area (Å²) < 4.78 is 4.85. The lowest BCUT2D eigenvalue weighted by molar-refractivity contribution is 1.18. The van der Waals surface area contributed by atoms with Gasteiger partial charge in [0.25, 0.3) is 0 Å². The summed E-state index contributed by atoms with van der Waals surface area (Å²) in [7, 11) is -2.71. The van der Waals surface area contributed by atoms with Crippen LogP contribution in [0.25, 0.3) is 66.1 Å². The van der Waals surface area contributed by atoms with Gasteiger partial charge in [-0.2, -0.15) is 0 Å². The maximum atomic E-state index is 2.47. The third kappa shape index (κ3) is 5.54. The number of rotatable bonds is 8. The van der Waals surface area contributed by atoms with Gasteiger partial charge in [0, 0.05) is 32.9 Å². The van der Waals surface area contributed by atoms with E-state index in [0.29, 0.717) is 0 Å². The van der Waals surface area contributed by atoms with Crippen molar-refractivity contribution in [1.82, 2.24) is 9.13 Å². The predicted molar refractivity (Wildman–Crippen MR) is 247 cm³/mol. The van der Waals surface area contributed by atoms with Crippen LogP contribution in [0.4, 0.5) is 0 Å². The van der Waals surface area contributed by atoms with E-state index in [2.05, 4.69) is 241 Å². The summed E-state index contributed by atoms with van der Waals surface area (Å²) in [4.78, 5) is 0. The highest BCUT2D eigenvalue weighted by Gasteiger charge is 2.42. The van der Waals surface area contributed by atoms with Crippen LogP contribution in [0.15, 0.2) is 224 Å². The van der Waals surface area contributed by atoms with E-state index < -0.39 is 8.07 Å². The second-order valence-corrected chi connectivity index (χ2v) is 18.6. The molecule has 3 heteroatoms. The molecule has 0 aliphatic heterocycles. The average molecular weight is 747 g/mol. The van der Waals surface area contributed by atoms with E-state index in [-0.39, 0.29) is 0 Å². The fourth-order valence-corrected chi connectivity index (χ4v) is 14.3. The molecule has 0 radical (unpaired) electrons. The Balaban J connectivity index is 1.17. The SMILES string of the molecule is C/C=C\C(=C/C)[Si](c1ccccc1)(c1ccccc1)c1cccc(-n2c3ccccc3c3cc(-c4ccc5c(c4)c4ccccc4n5-c4ccccc4)ccc32)c1. The minimum Gasteiger partial charge on any atom is -0.309 e. The van der Waals surface area contributed by atoms with Crippen LogP contribution in [0, 0.1) is 0 Å². The Kier molecular flexibility index (Phi) is 8.66. The first-order valence-electron chi connectivity index (χ1n) is 19.8. The number of fused-ring (bicyclic) bond motifs is 6. The minimum absolute atomic E-state index is 1.17. The average Bonchev–Trinajstić information content (AvgIpc) is 3.80. The van der Waals surface area contributed by atoms with E-state index in [0.717, 1.165) is 0 Å². The molecule has 0 saturated carbocycles. The van der Waals surface area contributed by atoms with Crippen molar-refractivity contribution < 1.29 is 0 Å². The van der Waals surface area contributed by atoms with E-state index >= 15 is 0 Å². The first-order valence-corrected chi connectivity index (χ1v) is 21.8. The van der Waals surface area contributed by atoms with Crippen LogP contribution in [0.2, 0.25) is 0 Å². The number of allylic oxidation sites excluding steroid dienone is 4. The zero-order valence-electron chi connectivity index (χ0n) is 32.2. The molecule has 2 aromatic heterocycles. The molecule has 8 aromatic carbocycles. The fourth-order valence-electron chi connectivity index (χ4n) is 9.31. The molecule has 57 heavy (non-hydrogen) atoms. The first-order chi connectivity index (χ1) is 28.2. The van der Waals surface area contributed by atoms with Crippen LogP contribution in [0.3, 0.4) is 0 Å². The number of para-hydroxylation sites is 3. The summed E-state index contributed by atoms with van der Waals surface area (Å²) in [5.41, 5.74) is 9.59. The molecule has 0 bridgehead atoms. The molecule has 0 amide bonds. The summed E-state index contributed by atoms with van der Waals surface area (Å²) in [6, 6.07) is 74.0. The van der Waals surface area contributed by atoms with Gasteiger partial charge in [-0.15, -0.1) is 0 Å². The standard InChI is InChI=1S/C54H42N2Si/c1-3-19-43(4-2)57(44-23-10-6-11-24-44,45-25-12-7-13-26-45)46-27-18-22-42(38-46)56-52-31-17-15-29-48(52)50-37-40(33-35-54(50)56)39-32-34-53-49(36-39)47-28-14-16-30-51(47)55(53)41-20-8-5-9-21-41/h3-38H,1-2H3/b19-3-,43-4+. The van der Waals surface area contributed by atoms with Crippen molar-refractivity contribution in [1.29, 1.82) is 0 Å². The number of hydrogen-bond donors (Lipinski definition) is 0. The summed E-state index contributed by atoms with van der Waals surface area (Å²) in [5.74, 6) is 0. The van der Waals surface area contributed by atoms with Gasteiger partial charge in [-0.1, -0.05) is 158 Å². The van der Waals surface area contributed by atoms with Gasteiger partial charge in [0.1, 0.15) is 0 Å². The van der Waals surface area contributed by atoms with Crippen LogP contribution in [-0.4, -0.2) is 17.2 Å². The maximum absolute atomic E-state index is 2.71. The molecule has 0 fully saturated rings. The normalized spacial score (nSPS) is 12.4. The van der Waals surface area contributed by atoms with E-state index in [9.17, 15) is 0 Å². The Morgan fingerprint density at radius 2 is 0.825 bits per heavy atom. The number of benzene rings is 8.